The molecule has 4 nitrogen and oxygen atoms in total. The summed E-state index contributed by atoms with van der Waals surface area (Å²) in [4.78, 5) is 0. The summed E-state index contributed by atoms with van der Waals surface area (Å²) in [5, 5.41) is 0. The summed E-state index contributed by atoms with van der Waals surface area (Å²) in [7, 11) is 5.00. The molecule has 0 fully saturated rings. The molecule has 0 amide bonds. The average Bonchev–Trinajstić information content (AvgIpc) is 2.68. The Labute approximate surface area is 158 Å². The molecule has 1 rings (SSSR count). The van der Waals surface area contributed by atoms with Crippen LogP contribution in [0.3, 0.4) is 0 Å². The first-order valence-corrected chi connectivity index (χ1v) is 9.03. The maximum atomic E-state index is 6.22. The Morgan fingerprint density at radius 1 is 1.04 bits per heavy atom. The second-order valence-corrected chi connectivity index (χ2v) is 6.14. The van der Waals surface area contributed by atoms with Crippen LogP contribution in [-0.2, 0) is 20.8 Å². The number of ether oxygens (including phenoxy) is 4. The molecule has 0 aliphatic heterocycles. The van der Waals surface area contributed by atoms with Crippen molar-refractivity contribution in [3.63, 3.8) is 0 Å². The van der Waals surface area contributed by atoms with Gasteiger partial charge in [-0.15, -0.1) is 5.92 Å². The van der Waals surface area contributed by atoms with Crippen LogP contribution in [0, 0.1) is 17.8 Å². The fourth-order valence-corrected chi connectivity index (χ4v) is 2.65. The Balaban J connectivity index is 2.63. The molecule has 0 saturated heterocycles. The summed E-state index contributed by atoms with van der Waals surface area (Å²) in [6, 6.07) is 7.97. The summed E-state index contributed by atoms with van der Waals surface area (Å²) in [5.41, 5.74) is 1.13. The normalized spacial score (nSPS) is 13.5. The molecule has 0 N–H and O–H groups in total. The lowest BCUT2D eigenvalue weighted by atomic mass is 9.98. The molecule has 0 saturated carbocycles. The molecule has 0 radical (unpaired) electrons. The van der Waals surface area contributed by atoms with Gasteiger partial charge in [-0.2, -0.15) is 0 Å². The van der Waals surface area contributed by atoms with Crippen molar-refractivity contribution < 1.29 is 18.9 Å². The third-order valence-corrected chi connectivity index (χ3v) is 4.29. The Kier molecular flexibility index (Phi) is 11.5. The molecule has 2 atom stereocenters. The minimum Gasteiger partial charge on any atom is -0.497 e. The van der Waals surface area contributed by atoms with Crippen molar-refractivity contribution in [2.24, 2.45) is 5.92 Å². The molecule has 144 valence electrons. The fraction of sp³-hybridized carbons (Fsp3) is 0.545. The van der Waals surface area contributed by atoms with E-state index in [0.29, 0.717) is 6.61 Å². The molecule has 0 aromatic heterocycles. The SMILES string of the molecule is CC#C/C=C/[C@H](C)[C@@H](CCCC(OC)OC)OCc1ccc(OC)cc1. The van der Waals surface area contributed by atoms with Crippen LogP contribution in [0.15, 0.2) is 36.4 Å². The van der Waals surface area contributed by atoms with E-state index in [2.05, 4.69) is 24.8 Å². The number of allylic oxidation sites excluding steroid dienone is 1. The highest BCUT2D eigenvalue weighted by atomic mass is 16.7. The zero-order chi connectivity index (χ0) is 19.2. The second-order valence-electron chi connectivity index (χ2n) is 6.14. The molecule has 4 heteroatoms. The Bertz CT molecular complexity index is 564. The number of benzene rings is 1. The van der Waals surface area contributed by atoms with E-state index in [1.54, 1.807) is 21.3 Å². The van der Waals surface area contributed by atoms with Crippen LogP contribution < -0.4 is 4.74 Å². The Hall–Kier alpha value is -1.80. The first-order valence-electron chi connectivity index (χ1n) is 9.03. The Morgan fingerprint density at radius 3 is 2.31 bits per heavy atom. The van der Waals surface area contributed by atoms with Crippen LogP contribution in [0.25, 0.3) is 0 Å². The lowest BCUT2D eigenvalue weighted by Crippen LogP contribution is -2.22. The summed E-state index contributed by atoms with van der Waals surface area (Å²) in [6.07, 6.45) is 6.72. The van der Waals surface area contributed by atoms with Crippen LogP contribution in [0.2, 0.25) is 0 Å². The third-order valence-electron chi connectivity index (χ3n) is 4.29. The number of methoxy groups -OCH3 is 3. The molecule has 0 aliphatic carbocycles. The monoisotopic (exact) mass is 360 g/mol. The summed E-state index contributed by atoms with van der Waals surface area (Å²) >= 11 is 0. The van der Waals surface area contributed by atoms with Gasteiger partial charge in [0.05, 0.1) is 19.8 Å². The van der Waals surface area contributed by atoms with Gasteiger partial charge in [0.15, 0.2) is 6.29 Å². The van der Waals surface area contributed by atoms with E-state index < -0.39 is 0 Å². The summed E-state index contributed by atoms with van der Waals surface area (Å²) in [5.74, 6) is 6.98. The highest BCUT2D eigenvalue weighted by molar-refractivity contribution is 5.26. The van der Waals surface area contributed by atoms with Gasteiger partial charge in [0.25, 0.3) is 0 Å². The number of hydrogen-bond acceptors (Lipinski definition) is 4. The average molecular weight is 360 g/mol. The van der Waals surface area contributed by atoms with Gasteiger partial charge in [-0.05, 0) is 50.0 Å². The van der Waals surface area contributed by atoms with Crippen LogP contribution in [0.4, 0.5) is 0 Å². The smallest absolute Gasteiger partial charge is 0.156 e. The first-order chi connectivity index (χ1) is 12.6. The van der Waals surface area contributed by atoms with Crippen molar-refractivity contribution in [3.8, 4) is 17.6 Å². The zero-order valence-electron chi connectivity index (χ0n) is 16.7. The van der Waals surface area contributed by atoms with Crippen molar-refractivity contribution in [2.45, 2.75) is 52.1 Å². The molecule has 1 aromatic carbocycles. The molecule has 0 heterocycles. The van der Waals surface area contributed by atoms with Crippen molar-refractivity contribution >= 4 is 0 Å². The van der Waals surface area contributed by atoms with Crippen molar-refractivity contribution in [1.82, 2.24) is 0 Å². The lowest BCUT2D eigenvalue weighted by molar-refractivity contribution is -0.109. The van der Waals surface area contributed by atoms with Crippen molar-refractivity contribution in [2.75, 3.05) is 21.3 Å². The van der Waals surface area contributed by atoms with Crippen LogP contribution in [0.5, 0.6) is 5.75 Å². The lowest BCUT2D eigenvalue weighted by Gasteiger charge is -2.23. The molecule has 0 aliphatic rings. The quantitative estimate of drug-likeness (QED) is 0.404. The van der Waals surface area contributed by atoms with Crippen molar-refractivity contribution in [1.29, 1.82) is 0 Å². The van der Waals surface area contributed by atoms with Gasteiger partial charge in [-0.3, -0.25) is 0 Å². The molecule has 26 heavy (non-hydrogen) atoms. The van der Waals surface area contributed by atoms with Gasteiger partial charge in [0.2, 0.25) is 0 Å². The zero-order valence-corrected chi connectivity index (χ0v) is 16.7. The van der Waals surface area contributed by atoms with Gasteiger partial charge in [-0.25, -0.2) is 0 Å². The van der Waals surface area contributed by atoms with Gasteiger partial charge >= 0.3 is 0 Å². The standard InChI is InChI=1S/C22H32O4/c1-6-7-8-10-18(2)21(11-9-12-22(24-4)25-5)26-17-19-13-15-20(23-3)16-14-19/h8,10,13-16,18,21-22H,9,11-12,17H2,1-5H3/b10-8+/t18-,21+/m0/s1. The van der Waals surface area contributed by atoms with Gasteiger partial charge in [-0.1, -0.05) is 31.1 Å². The number of rotatable bonds is 12. The van der Waals surface area contributed by atoms with E-state index in [4.69, 9.17) is 18.9 Å². The fourth-order valence-electron chi connectivity index (χ4n) is 2.65. The van der Waals surface area contributed by atoms with Gasteiger partial charge in [0.1, 0.15) is 5.75 Å². The maximum Gasteiger partial charge on any atom is 0.156 e. The van der Waals surface area contributed by atoms with E-state index in [1.165, 1.54) is 0 Å². The predicted octanol–water partition coefficient (Wildman–Crippen LogP) is 4.59. The molecule has 1 aromatic rings. The van der Waals surface area contributed by atoms with Crippen LogP contribution in [0.1, 0.15) is 38.7 Å². The van der Waals surface area contributed by atoms with Gasteiger partial charge < -0.3 is 18.9 Å². The van der Waals surface area contributed by atoms with E-state index in [-0.39, 0.29) is 18.3 Å². The summed E-state index contributed by atoms with van der Waals surface area (Å²) in [6.45, 7) is 4.57. The maximum absolute atomic E-state index is 6.22. The van der Waals surface area contributed by atoms with Gasteiger partial charge in [0, 0.05) is 20.1 Å². The largest absolute Gasteiger partial charge is 0.497 e. The van der Waals surface area contributed by atoms with Crippen molar-refractivity contribution in [3.05, 3.63) is 42.0 Å². The molecule has 0 spiro atoms. The van der Waals surface area contributed by atoms with E-state index >= 15 is 0 Å². The predicted molar refractivity (Wildman–Crippen MR) is 105 cm³/mol. The summed E-state index contributed by atoms with van der Waals surface area (Å²) < 4.78 is 21.9. The third kappa shape index (κ3) is 8.53. The van der Waals surface area contributed by atoms with Crippen LogP contribution in [-0.4, -0.2) is 33.7 Å². The molecular weight excluding hydrogens is 328 g/mol. The van der Waals surface area contributed by atoms with E-state index in [9.17, 15) is 0 Å². The second kappa shape index (κ2) is 13.4. The molecule has 0 bridgehead atoms. The van der Waals surface area contributed by atoms with Crippen LogP contribution >= 0.6 is 0 Å². The Morgan fingerprint density at radius 2 is 1.73 bits per heavy atom. The minimum absolute atomic E-state index is 0.112. The highest BCUT2D eigenvalue weighted by Gasteiger charge is 2.17. The highest BCUT2D eigenvalue weighted by Crippen LogP contribution is 2.20. The minimum atomic E-state index is -0.158. The first kappa shape index (κ1) is 22.2. The van der Waals surface area contributed by atoms with E-state index in [0.717, 1.165) is 30.6 Å². The van der Waals surface area contributed by atoms with E-state index in [1.807, 2.05) is 37.3 Å². The molecule has 0 unspecified atom stereocenters. The number of hydrogen-bond donors (Lipinski definition) is 0. The molecular formula is C22H32O4. The topological polar surface area (TPSA) is 36.9 Å².